The molecule has 3 aliphatic heterocycles. The Morgan fingerprint density at radius 1 is 1.41 bits per heavy atom. The quantitative estimate of drug-likeness (QED) is 0.690. The van der Waals surface area contributed by atoms with Crippen LogP contribution in [-0.2, 0) is 20.9 Å². The number of rotatable bonds is 7. The summed E-state index contributed by atoms with van der Waals surface area (Å²) in [7, 11) is 1.78. The van der Waals surface area contributed by atoms with E-state index in [1.54, 1.807) is 24.5 Å². The highest BCUT2D eigenvalue weighted by Crippen LogP contribution is 2.52. The van der Waals surface area contributed by atoms with E-state index in [0.29, 0.717) is 19.0 Å². The Hall–Kier alpha value is -2.08. The summed E-state index contributed by atoms with van der Waals surface area (Å²) in [5.74, 6) is -0.311. The van der Waals surface area contributed by atoms with Crippen LogP contribution in [0.25, 0.3) is 0 Å². The van der Waals surface area contributed by atoms with Gasteiger partial charge in [-0.25, -0.2) is 0 Å². The Kier molecular flexibility index (Phi) is 4.62. The number of fused-ring (bicyclic) bond motifs is 1. The zero-order valence-corrected chi connectivity index (χ0v) is 16.3. The van der Waals surface area contributed by atoms with E-state index in [9.17, 15) is 9.59 Å². The van der Waals surface area contributed by atoms with Gasteiger partial charge in [-0.15, -0.1) is 0 Å². The lowest BCUT2D eigenvalue weighted by Crippen LogP contribution is -2.44. The van der Waals surface area contributed by atoms with Crippen LogP contribution >= 0.6 is 0 Å². The van der Waals surface area contributed by atoms with Crippen molar-refractivity contribution in [3.63, 3.8) is 0 Å². The van der Waals surface area contributed by atoms with Crippen molar-refractivity contribution in [3.8, 4) is 0 Å². The van der Waals surface area contributed by atoms with Crippen molar-refractivity contribution < 1.29 is 18.7 Å². The predicted octanol–water partition coefficient (Wildman–Crippen LogP) is 2.46. The van der Waals surface area contributed by atoms with E-state index in [4.69, 9.17) is 9.15 Å². The van der Waals surface area contributed by atoms with Crippen LogP contribution in [0.5, 0.6) is 0 Å². The highest BCUT2D eigenvalue weighted by Gasteiger charge is 2.67. The molecule has 0 aliphatic carbocycles. The van der Waals surface area contributed by atoms with Crippen LogP contribution in [0.1, 0.15) is 32.3 Å². The smallest absolute Gasteiger partial charge is 0.230 e. The van der Waals surface area contributed by atoms with Gasteiger partial charge in [0.05, 0.1) is 37.0 Å². The highest BCUT2D eigenvalue weighted by atomic mass is 16.5. The third kappa shape index (κ3) is 2.90. The molecular weight excluding hydrogens is 344 g/mol. The molecule has 0 aromatic carbocycles. The first-order valence-electron chi connectivity index (χ1n) is 9.91. The zero-order valence-electron chi connectivity index (χ0n) is 16.3. The van der Waals surface area contributed by atoms with E-state index >= 15 is 0 Å². The van der Waals surface area contributed by atoms with Crippen molar-refractivity contribution in [1.29, 1.82) is 0 Å². The number of furan rings is 1. The van der Waals surface area contributed by atoms with E-state index in [1.165, 1.54) is 0 Å². The lowest BCUT2D eigenvalue weighted by atomic mass is 9.76. The predicted molar refractivity (Wildman–Crippen MR) is 99.6 cm³/mol. The Labute approximate surface area is 160 Å². The molecule has 2 unspecified atom stereocenters. The lowest BCUT2D eigenvalue weighted by molar-refractivity contribution is -0.142. The average Bonchev–Trinajstić information content (AvgIpc) is 3.42. The van der Waals surface area contributed by atoms with Crippen molar-refractivity contribution in [2.75, 3.05) is 20.1 Å². The average molecular weight is 372 g/mol. The third-order valence-corrected chi connectivity index (χ3v) is 6.47. The number of hydrogen-bond acceptors (Lipinski definition) is 4. The van der Waals surface area contributed by atoms with E-state index in [1.807, 2.05) is 23.1 Å². The molecule has 1 spiro atoms. The number of carbonyl (C=O) groups is 2. The Morgan fingerprint density at radius 3 is 2.85 bits per heavy atom. The molecule has 4 heterocycles. The van der Waals surface area contributed by atoms with Gasteiger partial charge in [0.15, 0.2) is 0 Å². The maximum Gasteiger partial charge on any atom is 0.230 e. The minimum Gasteiger partial charge on any atom is -0.472 e. The molecule has 1 aromatic heterocycles. The van der Waals surface area contributed by atoms with Crippen molar-refractivity contribution >= 4 is 11.8 Å². The van der Waals surface area contributed by atoms with Gasteiger partial charge in [0, 0.05) is 25.7 Å². The second-order valence-corrected chi connectivity index (χ2v) is 8.13. The zero-order chi connectivity index (χ0) is 19.2. The molecule has 6 heteroatoms. The van der Waals surface area contributed by atoms with E-state index < -0.39 is 17.4 Å². The van der Waals surface area contributed by atoms with Crippen molar-refractivity contribution in [2.45, 2.75) is 44.9 Å². The van der Waals surface area contributed by atoms with Gasteiger partial charge in [-0.2, -0.15) is 0 Å². The molecule has 2 amide bonds. The molecular formula is C21H28N2O4. The van der Waals surface area contributed by atoms with Gasteiger partial charge >= 0.3 is 0 Å². The summed E-state index contributed by atoms with van der Waals surface area (Å²) in [5, 5.41) is 0. The summed E-state index contributed by atoms with van der Waals surface area (Å²) >= 11 is 0. The van der Waals surface area contributed by atoms with E-state index in [-0.39, 0.29) is 17.9 Å². The van der Waals surface area contributed by atoms with Crippen LogP contribution in [0.3, 0.4) is 0 Å². The number of ether oxygens (including phenoxy) is 1. The molecule has 0 saturated carbocycles. The van der Waals surface area contributed by atoms with Gasteiger partial charge in [-0.05, 0) is 12.0 Å². The third-order valence-electron chi connectivity index (χ3n) is 6.47. The first kappa shape index (κ1) is 18.3. The highest BCUT2D eigenvalue weighted by molar-refractivity contribution is 5.93. The summed E-state index contributed by atoms with van der Waals surface area (Å²) in [6.45, 7) is 6.10. The fourth-order valence-corrected chi connectivity index (χ4v) is 4.86. The number of carbonyl (C=O) groups excluding carboxylic acids is 2. The Morgan fingerprint density at radius 2 is 2.19 bits per heavy atom. The van der Waals surface area contributed by atoms with Crippen LogP contribution in [0.4, 0.5) is 0 Å². The summed E-state index contributed by atoms with van der Waals surface area (Å²) in [4.78, 5) is 30.0. The maximum atomic E-state index is 13.2. The normalized spacial score (nSPS) is 31.2. The number of amides is 2. The lowest BCUT2D eigenvalue weighted by Gasteiger charge is -2.28. The van der Waals surface area contributed by atoms with Crippen LogP contribution in [-0.4, -0.2) is 53.5 Å². The molecule has 0 radical (unpaired) electrons. The van der Waals surface area contributed by atoms with Crippen LogP contribution in [0.15, 0.2) is 35.2 Å². The molecule has 3 aliphatic rings. The number of likely N-dealkylation sites (tertiary alicyclic amines) is 1. The molecule has 4 atom stereocenters. The fourth-order valence-electron chi connectivity index (χ4n) is 4.86. The van der Waals surface area contributed by atoms with E-state index in [0.717, 1.165) is 24.9 Å². The summed E-state index contributed by atoms with van der Waals surface area (Å²) in [5.41, 5.74) is 0.318. The van der Waals surface area contributed by atoms with Crippen LogP contribution < -0.4 is 0 Å². The SMILES string of the molecule is CCC(CC)CN1C[C@]23C=C[C@H](O2)C(C(=O)N(C)Cc2ccoc2)C3C1=O. The van der Waals surface area contributed by atoms with Crippen LogP contribution in [0.2, 0.25) is 0 Å². The van der Waals surface area contributed by atoms with Gasteiger partial charge in [0.1, 0.15) is 5.60 Å². The summed E-state index contributed by atoms with van der Waals surface area (Å²) in [6.07, 6.45) is 9.03. The molecule has 2 saturated heterocycles. The summed E-state index contributed by atoms with van der Waals surface area (Å²) < 4.78 is 11.3. The standard InChI is InChI=1S/C21H28N2O4/c1-4-14(5-2)11-23-13-21-8-6-16(27-21)17(18(21)20(23)25)19(24)22(3)10-15-7-9-26-12-15/h6-9,12,14,16-18H,4-5,10-11,13H2,1-3H3/t16-,17?,18?,21-/m0/s1. The number of nitrogens with zero attached hydrogens (tertiary/aromatic N) is 2. The van der Waals surface area contributed by atoms with Gasteiger partial charge in [-0.3, -0.25) is 9.59 Å². The first-order chi connectivity index (χ1) is 13.0. The maximum absolute atomic E-state index is 13.2. The Balaban J connectivity index is 1.53. The van der Waals surface area contributed by atoms with Crippen molar-refractivity contribution in [3.05, 3.63) is 36.3 Å². The minimum absolute atomic E-state index is 0.0323. The topological polar surface area (TPSA) is 63.0 Å². The Bertz CT molecular complexity index is 739. The van der Waals surface area contributed by atoms with Crippen LogP contribution in [0, 0.1) is 17.8 Å². The van der Waals surface area contributed by atoms with Crippen molar-refractivity contribution in [1.82, 2.24) is 9.80 Å². The molecule has 1 aromatic rings. The molecule has 4 rings (SSSR count). The van der Waals surface area contributed by atoms with Gasteiger partial charge < -0.3 is 19.0 Å². The van der Waals surface area contributed by atoms with Gasteiger partial charge in [0.25, 0.3) is 0 Å². The molecule has 0 N–H and O–H groups in total. The molecule has 2 bridgehead atoms. The number of hydrogen-bond donors (Lipinski definition) is 0. The van der Waals surface area contributed by atoms with Crippen molar-refractivity contribution in [2.24, 2.45) is 17.8 Å². The monoisotopic (exact) mass is 372 g/mol. The molecule has 27 heavy (non-hydrogen) atoms. The van der Waals surface area contributed by atoms with Gasteiger partial charge in [0.2, 0.25) is 11.8 Å². The fraction of sp³-hybridized carbons (Fsp3) is 0.619. The molecule has 2 fully saturated rings. The summed E-state index contributed by atoms with van der Waals surface area (Å²) in [6, 6.07) is 1.85. The van der Waals surface area contributed by atoms with Gasteiger partial charge in [-0.1, -0.05) is 38.8 Å². The largest absolute Gasteiger partial charge is 0.472 e. The first-order valence-corrected chi connectivity index (χ1v) is 9.91. The second-order valence-electron chi connectivity index (χ2n) is 8.13. The minimum atomic E-state index is -0.620. The second kappa shape index (κ2) is 6.82. The molecule has 6 nitrogen and oxygen atoms in total. The molecule has 146 valence electrons. The van der Waals surface area contributed by atoms with E-state index in [2.05, 4.69) is 13.8 Å².